The Hall–Kier alpha value is -3.54. The molecular formula is C21H22N6O3. The summed E-state index contributed by atoms with van der Waals surface area (Å²) in [4.78, 5) is 17.2. The average molecular weight is 406 g/mol. The largest absolute Gasteiger partial charge is 0.442 e. The highest BCUT2D eigenvalue weighted by molar-refractivity contribution is 5.95. The second-order valence-corrected chi connectivity index (χ2v) is 8.25. The first kappa shape index (κ1) is 19.8. The molecule has 9 nitrogen and oxygen atoms in total. The molecule has 0 amide bonds. The molecule has 2 unspecified atom stereocenters. The number of carbonyl (C=O) groups excluding carboxylic acids is 1. The Morgan fingerprint density at radius 3 is 2.80 bits per heavy atom. The van der Waals surface area contributed by atoms with Gasteiger partial charge in [-0.15, -0.1) is 5.10 Å². The summed E-state index contributed by atoms with van der Waals surface area (Å²) in [5, 5.41) is 22.4. The van der Waals surface area contributed by atoms with E-state index in [0.717, 1.165) is 22.4 Å². The Labute approximate surface area is 173 Å². The summed E-state index contributed by atoms with van der Waals surface area (Å²) in [7, 11) is 0. The lowest BCUT2D eigenvalue weighted by molar-refractivity contribution is 0.0514. The zero-order valence-corrected chi connectivity index (χ0v) is 17.3. The molecule has 0 saturated carbocycles. The fourth-order valence-electron chi connectivity index (χ4n) is 3.71. The van der Waals surface area contributed by atoms with Crippen LogP contribution in [0.3, 0.4) is 0 Å². The van der Waals surface area contributed by atoms with Gasteiger partial charge in [-0.1, -0.05) is 25.5 Å². The number of rotatable bonds is 3. The van der Waals surface area contributed by atoms with Crippen LogP contribution in [0.4, 0.5) is 10.6 Å². The second kappa shape index (κ2) is 7.37. The van der Waals surface area contributed by atoms with E-state index in [1.807, 2.05) is 19.1 Å². The van der Waals surface area contributed by atoms with Crippen LogP contribution in [0.2, 0.25) is 0 Å². The number of aromatic nitrogens is 4. The smallest absolute Gasteiger partial charge is 0.435 e. The molecule has 3 aromatic rings. The highest BCUT2D eigenvalue weighted by atomic mass is 16.6. The van der Waals surface area contributed by atoms with E-state index in [1.54, 1.807) is 33.0 Å². The molecule has 154 valence electrons. The van der Waals surface area contributed by atoms with Crippen molar-refractivity contribution in [3.63, 3.8) is 0 Å². The Morgan fingerprint density at radius 1 is 1.30 bits per heavy atom. The van der Waals surface area contributed by atoms with Crippen LogP contribution in [0, 0.1) is 17.2 Å². The van der Waals surface area contributed by atoms with Gasteiger partial charge in [0.2, 0.25) is 0 Å². The maximum absolute atomic E-state index is 12.6. The third-order valence-corrected chi connectivity index (χ3v) is 4.88. The van der Waals surface area contributed by atoms with Crippen molar-refractivity contribution in [3.05, 3.63) is 35.5 Å². The Bertz CT molecular complexity index is 1180. The van der Waals surface area contributed by atoms with Gasteiger partial charge in [-0.2, -0.15) is 9.94 Å². The molecule has 30 heavy (non-hydrogen) atoms. The first-order valence-corrected chi connectivity index (χ1v) is 9.83. The number of nitriles is 1. The Balaban J connectivity index is 1.88. The van der Waals surface area contributed by atoms with Crippen LogP contribution in [-0.4, -0.2) is 37.5 Å². The van der Waals surface area contributed by atoms with Crippen molar-refractivity contribution in [1.29, 1.82) is 5.26 Å². The van der Waals surface area contributed by atoms with Crippen molar-refractivity contribution < 1.29 is 14.2 Å². The van der Waals surface area contributed by atoms with E-state index >= 15 is 0 Å². The molecule has 0 aliphatic carbocycles. The maximum atomic E-state index is 12.6. The topological polar surface area (TPSA) is 119 Å². The summed E-state index contributed by atoms with van der Waals surface area (Å²) in [6, 6.07) is 7.94. The third-order valence-electron chi connectivity index (χ3n) is 4.88. The van der Waals surface area contributed by atoms with Crippen LogP contribution in [-0.2, 0) is 4.74 Å². The molecule has 3 heterocycles. The normalized spacial score (nSPS) is 18.6. The van der Waals surface area contributed by atoms with E-state index in [2.05, 4.69) is 26.5 Å². The minimum atomic E-state index is -0.660. The molecule has 2 atom stereocenters. The standard InChI is InChI=1S/C21H22N6O3/c1-5-7-15-13(10-22)17(12-8-6-9-16-18(12)26-30-25-16)14-11-27(24-19(14)23-15)20(28)29-21(2,3)4/h6,8-9,11,13,17H,5,7H2,1-4H3. The van der Waals surface area contributed by atoms with Crippen LogP contribution in [0.1, 0.15) is 57.6 Å². The van der Waals surface area contributed by atoms with E-state index in [9.17, 15) is 10.1 Å². The van der Waals surface area contributed by atoms with Crippen LogP contribution in [0.5, 0.6) is 0 Å². The number of carbonyl (C=O) groups is 1. The molecule has 1 aliphatic rings. The van der Waals surface area contributed by atoms with E-state index < -0.39 is 23.5 Å². The highest BCUT2D eigenvalue weighted by Gasteiger charge is 2.38. The number of hydrogen-bond donors (Lipinski definition) is 0. The predicted molar refractivity (Wildman–Crippen MR) is 109 cm³/mol. The van der Waals surface area contributed by atoms with Gasteiger partial charge in [-0.3, -0.25) is 0 Å². The zero-order chi connectivity index (χ0) is 21.5. The van der Waals surface area contributed by atoms with Gasteiger partial charge in [0.05, 0.1) is 12.0 Å². The molecule has 9 heteroatoms. The second-order valence-electron chi connectivity index (χ2n) is 8.25. The van der Waals surface area contributed by atoms with Gasteiger partial charge >= 0.3 is 6.09 Å². The third kappa shape index (κ3) is 3.45. The number of ether oxygens (including phenoxy) is 1. The lowest BCUT2D eigenvalue weighted by Gasteiger charge is -2.26. The highest BCUT2D eigenvalue weighted by Crippen LogP contribution is 2.44. The lowest BCUT2D eigenvalue weighted by Crippen LogP contribution is -2.27. The van der Waals surface area contributed by atoms with Crippen LogP contribution in [0.25, 0.3) is 11.0 Å². The van der Waals surface area contributed by atoms with Crippen molar-refractivity contribution >= 4 is 28.7 Å². The molecule has 1 aliphatic heterocycles. The molecule has 0 radical (unpaired) electrons. The quantitative estimate of drug-likeness (QED) is 0.634. The zero-order valence-electron chi connectivity index (χ0n) is 17.3. The van der Waals surface area contributed by atoms with Gasteiger partial charge in [0.1, 0.15) is 16.6 Å². The predicted octanol–water partition coefficient (Wildman–Crippen LogP) is 4.36. The molecule has 0 fully saturated rings. The first-order valence-electron chi connectivity index (χ1n) is 9.83. The van der Waals surface area contributed by atoms with Crippen molar-refractivity contribution in [3.8, 4) is 6.07 Å². The van der Waals surface area contributed by atoms with Gasteiger partial charge in [0, 0.05) is 23.4 Å². The van der Waals surface area contributed by atoms with Crippen molar-refractivity contribution in [1.82, 2.24) is 20.1 Å². The number of fused-ring (bicyclic) bond motifs is 2. The molecule has 0 spiro atoms. The summed E-state index contributed by atoms with van der Waals surface area (Å²) >= 11 is 0. The number of hydrogen-bond acceptors (Lipinski definition) is 8. The summed E-state index contributed by atoms with van der Waals surface area (Å²) in [6.07, 6.45) is 2.48. The first-order chi connectivity index (χ1) is 14.3. The average Bonchev–Trinajstić information content (AvgIpc) is 3.32. The van der Waals surface area contributed by atoms with Crippen molar-refractivity contribution in [2.75, 3.05) is 0 Å². The summed E-state index contributed by atoms with van der Waals surface area (Å²) in [5.74, 6) is -0.513. The molecule has 1 aromatic carbocycles. The monoisotopic (exact) mass is 406 g/mol. The van der Waals surface area contributed by atoms with Gasteiger partial charge in [0.15, 0.2) is 5.82 Å². The van der Waals surface area contributed by atoms with Gasteiger partial charge in [0.25, 0.3) is 0 Å². The number of benzene rings is 1. The van der Waals surface area contributed by atoms with E-state index in [-0.39, 0.29) is 0 Å². The molecule has 4 rings (SSSR count). The number of nitrogens with zero attached hydrogens (tertiary/aromatic N) is 6. The van der Waals surface area contributed by atoms with Gasteiger partial charge in [-0.05, 0) is 49.1 Å². The SMILES string of the molecule is CCCC1=Nc2nn(C(=O)OC(C)(C)C)cc2C(c2cccc3nonc23)C1C#N. The summed E-state index contributed by atoms with van der Waals surface area (Å²) in [6.45, 7) is 7.40. The Morgan fingerprint density at radius 2 is 2.10 bits per heavy atom. The van der Waals surface area contributed by atoms with Gasteiger partial charge in [-0.25, -0.2) is 14.4 Å². The maximum Gasteiger partial charge on any atom is 0.435 e. The summed E-state index contributed by atoms with van der Waals surface area (Å²) < 4.78 is 11.5. The Kier molecular flexibility index (Phi) is 4.86. The molecule has 0 bridgehead atoms. The minimum absolute atomic E-state index is 0.407. The van der Waals surface area contributed by atoms with Crippen LogP contribution in [0.15, 0.2) is 34.0 Å². The van der Waals surface area contributed by atoms with Crippen molar-refractivity contribution in [2.45, 2.75) is 52.1 Å². The van der Waals surface area contributed by atoms with E-state index in [0.29, 0.717) is 28.8 Å². The van der Waals surface area contributed by atoms with Gasteiger partial charge < -0.3 is 4.74 Å². The number of aliphatic imine (C=N–C) groups is 1. The fourth-order valence-corrected chi connectivity index (χ4v) is 3.71. The lowest BCUT2D eigenvalue weighted by atomic mass is 9.76. The fraction of sp³-hybridized carbons (Fsp3) is 0.429. The van der Waals surface area contributed by atoms with E-state index in [4.69, 9.17) is 9.37 Å². The van der Waals surface area contributed by atoms with Crippen molar-refractivity contribution in [2.24, 2.45) is 10.9 Å². The molecule has 2 aromatic heterocycles. The van der Waals surface area contributed by atoms with Crippen LogP contribution < -0.4 is 0 Å². The molecular weight excluding hydrogens is 384 g/mol. The minimum Gasteiger partial charge on any atom is -0.442 e. The molecule has 0 N–H and O–H groups in total. The molecule has 0 saturated heterocycles. The summed E-state index contributed by atoms with van der Waals surface area (Å²) in [5.41, 5.74) is 2.71. The van der Waals surface area contributed by atoms with Crippen LogP contribution >= 0.6 is 0 Å². The van der Waals surface area contributed by atoms with E-state index in [1.165, 1.54) is 0 Å².